The number of halogens is 1. The number of hydrogen-bond donors (Lipinski definition) is 0. The van der Waals surface area contributed by atoms with Gasteiger partial charge in [-0.05, 0) is 18.6 Å². The van der Waals surface area contributed by atoms with Crippen LogP contribution in [-0.2, 0) is 4.84 Å². The molecule has 0 radical (unpaired) electrons. The maximum absolute atomic E-state index is 11.9. The number of pyridine rings is 1. The maximum atomic E-state index is 11.9. The highest BCUT2D eigenvalue weighted by Crippen LogP contribution is 2.15. The van der Waals surface area contributed by atoms with E-state index in [4.69, 9.17) is 16.4 Å². The van der Waals surface area contributed by atoms with Gasteiger partial charge >= 0.3 is 0 Å². The lowest BCUT2D eigenvalue weighted by Gasteiger charge is -2.14. The van der Waals surface area contributed by atoms with Crippen LogP contribution in [0.5, 0.6) is 0 Å². The summed E-state index contributed by atoms with van der Waals surface area (Å²) in [7, 11) is 2.97. The number of carbonyl (C=O) groups excluding carboxylic acids is 1. The summed E-state index contributed by atoms with van der Waals surface area (Å²) in [4.78, 5) is 21.0. The molecule has 0 saturated carbocycles. The van der Waals surface area contributed by atoms with Gasteiger partial charge in [0, 0.05) is 13.2 Å². The Kier molecular flexibility index (Phi) is 3.82. The van der Waals surface area contributed by atoms with Gasteiger partial charge in [-0.3, -0.25) is 9.63 Å². The molecule has 0 unspecified atom stereocenters. The monoisotopic (exact) mass is 280 g/mol. The number of aromatic nitrogens is 3. The number of hydroxylamine groups is 2. The highest BCUT2D eigenvalue weighted by atomic mass is 35.5. The normalized spacial score (nSPS) is 10.5. The summed E-state index contributed by atoms with van der Waals surface area (Å²) in [5.41, 5.74) is 1.26. The van der Waals surface area contributed by atoms with Crippen LogP contribution in [0.15, 0.2) is 24.7 Å². The van der Waals surface area contributed by atoms with Crippen molar-refractivity contribution in [2.45, 2.75) is 6.92 Å². The Labute approximate surface area is 115 Å². The lowest BCUT2D eigenvalue weighted by atomic mass is 10.2. The van der Waals surface area contributed by atoms with Crippen LogP contribution in [0.1, 0.15) is 15.9 Å². The van der Waals surface area contributed by atoms with Crippen LogP contribution in [0.3, 0.4) is 0 Å². The zero-order valence-electron chi connectivity index (χ0n) is 10.8. The predicted octanol–water partition coefficient (Wildman–Crippen LogP) is 1.86. The lowest BCUT2D eigenvalue weighted by Crippen LogP contribution is -2.25. The van der Waals surface area contributed by atoms with Gasteiger partial charge in [-0.2, -0.15) is 5.10 Å². The van der Waals surface area contributed by atoms with Crippen molar-refractivity contribution in [2.24, 2.45) is 0 Å². The third-order valence-electron chi connectivity index (χ3n) is 2.63. The smallest absolute Gasteiger partial charge is 0.274 e. The number of rotatable bonds is 3. The fourth-order valence-corrected chi connectivity index (χ4v) is 1.74. The molecule has 2 rings (SSSR count). The first-order chi connectivity index (χ1) is 9.02. The molecule has 0 aliphatic heterocycles. The van der Waals surface area contributed by atoms with Crippen molar-refractivity contribution >= 4 is 17.5 Å². The first-order valence-corrected chi connectivity index (χ1v) is 5.90. The molecule has 100 valence electrons. The average Bonchev–Trinajstić information content (AvgIpc) is 2.83. The van der Waals surface area contributed by atoms with Crippen molar-refractivity contribution in [3.05, 3.63) is 40.8 Å². The number of nitrogens with zero attached hydrogens (tertiary/aromatic N) is 4. The lowest BCUT2D eigenvalue weighted by molar-refractivity contribution is -0.0757. The first-order valence-electron chi connectivity index (χ1n) is 5.52. The molecule has 0 atom stereocenters. The number of carbonyl (C=O) groups is 1. The highest BCUT2D eigenvalue weighted by Gasteiger charge is 2.14. The van der Waals surface area contributed by atoms with Gasteiger partial charge < -0.3 is 0 Å². The zero-order valence-corrected chi connectivity index (χ0v) is 11.5. The van der Waals surface area contributed by atoms with E-state index in [9.17, 15) is 4.79 Å². The van der Waals surface area contributed by atoms with E-state index in [0.717, 1.165) is 10.6 Å². The number of aryl methyl sites for hydroxylation is 1. The molecule has 0 saturated heterocycles. The Balaban J connectivity index is 2.35. The van der Waals surface area contributed by atoms with Crippen molar-refractivity contribution in [3.63, 3.8) is 0 Å². The van der Waals surface area contributed by atoms with Gasteiger partial charge in [-0.25, -0.2) is 14.7 Å². The molecule has 2 aromatic heterocycles. The molecule has 0 bridgehead atoms. The molecular formula is C12H13ClN4O2. The van der Waals surface area contributed by atoms with Crippen molar-refractivity contribution in [1.82, 2.24) is 19.8 Å². The quantitative estimate of drug-likeness (QED) is 0.805. The minimum atomic E-state index is -0.261. The summed E-state index contributed by atoms with van der Waals surface area (Å²) in [5, 5.41) is 5.74. The molecule has 2 heterocycles. The Morgan fingerprint density at radius 2 is 2.21 bits per heavy atom. The van der Waals surface area contributed by atoms with Gasteiger partial charge in [0.2, 0.25) is 0 Å². The van der Waals surface area contributed by atoms with Crippen LogP contribution >= 0.6 is 11.6 Å². The fraction of sp³-hybridized carbons (Fsp3) is 0.250. The van der Waals surface area contributed by atoms with Crippen LogP contribution in [0.4, 0.5) is 0 Å². The van der Waals surface area contributed by atoms with E-state index in [1.165, 1.54) is 19.5 Å². The Morgan fingerprint density at radius 1 is 1.47 bits per heavy atom. The van der Waals surface area contributed by atoms with E-state index in [-0.39, 0.29) is 5.91 Å². The summed E-state index contributed by atoms with van der Waals surface area (Å²) in [6, 6.07) is 1.73. The molecule has 7 heteroatoms. The number of amides is 1. The molecular weight excluding hydrogens is 268 g/mol. The predicted molar refractivity (Wildman–Crippen MR) is 70.2 cm³/mol. The molecule has 0 aliphatic carbocycles. The Bertz CT molecular complexity index is 612. The van der Waals surface area contributed by atoms with Crippen molar-refractivity contribution in [2.75, 3.05) is 14.2 Å². The second kappa shape index (κ2) is 5.38. The Morgan fingerprint density at radius 3 is 2.74 bits per heavy atom. The van der Waals surface area contributed by atoms with E-state index in [1.54, 1.807) is 24.0 Å². The maximum Gasteiger partial charge on any atom is 0.278 e. The Hall–Kier alpha value is -1.92. The molecule has 0 N–H and O–H groups in total. The summed E-state index contributed by atoms with van der Waals surface area (Å²) in [5.74, 6) is 0.367. The zero-order chi connectivity index (χ0) is 14.0. The molecule has 6 nitrogen and oxygen atoms in total. The topological polar surface area (TPSA) is 60.2 Å². The molecule has 0 aliphatic rings. The van der Waals surface area contributed by atoms with Gasteiger partial charge in [-0.15, -0.1) is 0 Å². The second-order valence-corrected chi connectivity index (χ2v) is 4.39. The molecule has 0 aromatic carbocycles. The van der Waals surface area contributed by atoms with Crippen LogP contribution in [-0.4, -0.2) is 39.9 Å². The standard InChI is InChI=1S/C12H13ClN4O2/c1-8-4-9(12(18)16(2)19-3)5-14-11(8)17-7-10(13)6-15-17/h4-7H,1-3H3. The van der Waals surface area contributed by atoms with Gasteiger partial charge in [0.15, 0.2) is 5.82 Å². The third kappa shape index (κ3) is 2.74. The summed E-state index contributed by atoms with van der Waals surface area (Å²) < 4.78 is 1.56. The van der Waals surface area contributed by atoms with E-state index < -0.39 is 0 Å². The molecule has 1 amide bonds. The SMILES string of the molecule is CON(C)C(=O)c1cnc(-n2cc(Cl)cn2)c(C)c1. The van der Waals surface area contributed by atoms with Crippen LogP contribution in [0, 0.1) is 6.92 Å². The summed E-state index contributed by atoms with van der Waals surface area (Å²) in [6.45, 7) is 1.85. The summed E-state index contributed by atoms with van der Waals surface area (Å²) in [6.07, 6.45) is 4.66. The third-order valence-corrected chi connectivity index (χ3v) is 2.82. The molecule has 0 fully saturated rings. The van der Waals surface area contributed by atoms with E-state index in [2.05, 4.69) is 10.1 Å². The van der Waals surface area contributed by atoms with Crippen molar-refractivity contribution in [1.29, 1.82) is 0 Å². The fourth-order valence-electron chi connectivity index (χ4n) is 1.61. The van der Waals surface area contributed by atoms with Crippen LogP contribution in [0.2, 0.25) is 5.02 Å². The summed E-state index contributed by atoms with van der Waals surface area (Å²) >= 11 is 5.82. The second-order valence-electron chi connectivity index (χ2n) is 3.95. The van der Waals surface area contributed by atoms with E-state index >= 15 is 0 Å². The minimum Gasteiger partial charge on any atom is -0.274 e. The number of hydrogen-bond acceptors (Lipinski definition) is 4. The largest absolute Gasteiger partial charge is 0.278 e. The molecule has 0 spiro atoms. The first kappa shape index (κ1) is 13.5. The molecule has 2 aromatic rings. The van der Waals surface area contributed by atoms with Gasteiger partial charge in [0.1, 0.15) is 0 Å². The van der Waals surface area contributed by atoms with E-state index in [0.29, 0.717) is 16.4 Å². The van der Waals surface area contributed by atoms with Crippen LogP contribution in [0.25, 0.3) is 5.82 Å². The molecule has 19 heavy (non-hydrogen) atoms. The van der Waals surface area contributed by atoms with Crippen molar-refractivity contribution in [3.8, 4) is 5.82 Å². The van der Waals surface area contributed by atoms with Gasteiger partial charge in [0.25, 0.3) is 5.91 Å². The van der Waals surface area contributed by atoms with Gasteiger partial charge in [0.05, 0.1) is 30.1 Å². The highest BCUT2D eigenvalue weighted by molar-refractivity contribution is 6.30. The van der Waals surface area contributed by atoms with Gasteiger partial charge in [-0.1, -0.05) is 11.6 Å². The minimum absolute atomic E-state index is 0.261. The van der Waals surface area contributed by atoms with Crippen LogP contribution < -0.4 is 0 Å². The average molecular weight is 281 g/mol. The van der Waals surface area contributed by atoms with E-state index in [1.807, 2.05) is 6.92 Å². The van der Waals surface area contributed by atoms with Crippen molar-refractivity contribution < 1.29 is 9.63 Å².